The number of carbonyl (C=O) groups excluding carboxylic acids is 1. The number of halogens is 3. The highest BCUT2D eigenvalue weighted by molar-refractivity contribution is 5.89. The topological polar surface area (TPSA) is 97.8 Å². The number of urea groups is 1. The van der Waals surface area contributed by atoms with Crippen LogP contribution in [0.3, 0.4) is 0 Å². The zero-order valence-electron chi connectivity index (χ0n) is 23.0. The molecule has 4 aromatic heterocycles. The highest BCUT2D eigenvalue weighted by atomic mass is 19.4. The Morgan fingerprint density at radius 1 is 1.29 bits per heavy atom. The SMILES string of the molecule is C=CCCOc1nc(-c2cc(C(C)N(CC)C(=O)N[C@H](CC=C)CCC(F)(F)F)nc3ccoc23)cn2ccnc12. The number of pyridine rings is 1. The average Bonchev–Trinajstić information content (AvgIpc) is 3.61. The Hall–Kier alpha value is -4.35. The van der Waals surface area contributed by atoms with Crippen molar-refractivity contribution in [3.05, 3.63) is 68.0 Å². The Kier molecular flexibility index (Phi) is 9.31. The zero-order valence-corrected chi connectivity index (χ0v) is 23.0. The lowest BCUT2D eigenvalue weighted by molar-refractivity contribution is -0.136. The second-order valence-electron chi connectivity index (χ2n) is 9.53. The smallest absolute Gasteiger partial charge is 0.389 e. The molecule has 0 radical (unpaired) electrons. The summed E-state index contributed by atoms with van der Waals surface area (Å²) in [4.78, 5) is 28.6. The van der Waals surface area contributed by atoms with Gasteiger partial charge >= 0.3 is 12.2 Å². The fourth-order valence-corrected chi connectivity index (χ4v) is 4.55. The number of imidazole rings is 1. The molecule has 9 nitrogen and oxygen atoms in total. The van der Waals surface area contributed by atoms with Gasteiger partial charge in [0, 0.05) is 49.2 Å². The lowest BCUT2D eigenvalue weighted by atomic mass is 10.1. The predicted octanol–water partition coefficient (Wildman–Crippen LogP) is 6.87. The first-order valence-electron chi connectivity index (χ1n) is 13.4. The van der Waals surface area contributed by atoms with E-state index in [0.29, 0.717) is 59.2 Å². The summed E-state index contributed by atoms with van der Waals surface area (Å²) in [6, 6.07) is 1.81. The number of fused-ring (bicyclic) bond motifs is 2. The molecule has 0 saturated carbocycles. The van der Waals surface area contributed by atoms with Crippen molar-refractivity contribution in [3.63, 3.8) is 0 Å². The molecule has 0 aromatic carbocycles. The summed E-state index contributed by atoms with van der Waals surface area (Å²) in [7, 11) is 0. The Bertz CT molecular complexity index is 1510. The van der Waals surface area contributed by atoms with Crippen molar-refractivity contribution in [1.82, 2.24) is 29.6 Å². The Morgan fingerprint density at radius 2 is 2.10 bits per heavy atom. The van der Waals surface area contributed by atoms with E-state index in [1.807, 2.05) is 6.92 Å². The number of alkyl halides is 3. The molecule has 4 heterocycles. The van der Waals surface area contributed by atoms with Gasteiger partial charge in [-0.2, -0.15) is 13.2 Å². The van der Waals surface area contributed by atoms with Gasteiger partial charge in [-0.15, -0.1) is 13.2 Å². The molecule has 0 spiro atoms. The van der Waals surface area contributed by atoms with Crippen LogP contribution >= 0.6 is 0 Å². The van der Waals surface area contributed by atoms with Crippen molar-refractivity contribution in [2.75, 3.05) is 13.2 Å². The number of carbonyl (C=O) groups is 1. The first-order valence-corrected chi connectivity index (χ1v) is 13.4. The number of hydrogen-bond acceptors (Lipinski definition) is 6. The maximum absolute atomic E-state index is 13.3. The number of nitrogens with one attached hydrogen (secondary N) is 1. The van der Waals surface area contributed by atoms with Crippen LogP contribution in [0.4, 0.5) is 18.0 Å². The van der Waals surface area contributed by atoms with Crippen LogP contribution in [-0.4, -0.2) is 55.7 Å². The summed E-state index contributed by atoms with van der Waals surface area (Å²) in [6.45, 7) is 11.6. The third kappa shape index (κ3) is 7.05. The molecule has 0 aliphatic rings. The van der Waals surface area contributed by atoms with Gasteiger partial charge in [0.15, 0.2) is 5.58 Å². The van der Waals surface area contributed by atoms with Gasteiger partial charge in [-0.05, 0) is 39.2 Å². The molecule has 218 valence electrons. The number of furan rings is 1. The van der Waals surface area contributed by atoms with E-state index in [2.05, 4.69) is 23.5 Å². The molecule has 0 bridgehead atoms. The summed E-state index contributed by atoms with van der Waals surface area (Å²) < 4.78 is 51.9. The highest BCUT2D eigenvalue weighted by Crippen LogP contribution is 2.33. The normalized spacial score (nSPS) is 13.2. The lowest BCUT2D eigenvalue weighted by Gasteiger charge is -2.30. The van der Waals surface area contributed by atoms with Crippen molar-refractivity contribution >= 4 is 22.8 Å². The molecule has 0 fully saturated rings. The van der Waals surface area contributed by atoms with E-state index in [9.17, 15) is 18.0 Å². The van der Waals surface area contributed by atoms with Crippen molar-refractivity contribution in [2.24, 2.45) is 0 Å². The zero-order chi connectivity index (χ0) is 29.6. The number of rotatable bonds is 13. The number of aromatic nitrogens is 4. The van der Waals surface area contributed by atoms with Crippen molar-refractivity contribution in [3.8, 4) is 17.1 Å². The van der Waals surface area contributed by atoms with Crippen LogP contribution in [0, 0.1) is 0 Å². The quantitative estimate of drug-likeness (QED) is 0.139. The Morgan fingerprint density at radius 3 is 2.80 bits per heavy atom. The molecular weight excluding hydrogens is 537 g/mol. The molecule has 12 heteroatoms. The minimum absolute atomic E-state index is 0.219. The highest BCUT2D eigenvalue weighted by Gasteiger charge is 2.30. The van der Waals surface area contributed by atoms with Gasteiger partial charge in [-0.3, -0.25) is 0 Å². The second kappa shape index (κ2) is 12.9. The molecular formula is C29H33F3N6O3. The van der Waals surface area contributed by atoms with Crippen LogP contribution in [0.5, 0.6) is 5.88 Å². The van der Waals surface area contributed by atoms with Crippen molar-refractivity contribution < 1.29 is 27.1 Å². The first-order chi connectivity index (χ1) is 19.6. The molecule has 1 unspecified atom stereocenters. The molecule has 1 N–H and O–H groups in total. The maximum atomic E-state index is 13.3. The van der Waals surface area contributed by atoms with Crippen LogP contribution in [0.25, 0.3) is 28.0 Å². The molecule has 41 heavy (non-hydrogen) atoms. The molecule has 0 saturated heterocycles. The second-order valence-corrected chi connectivity index (χ2v) is 9.53. The minimum Gasteiger partial charge on any atom is -0.475 e. The molecule has 2 atom stereocenters. The van der Waals surface area contributed by atoms with Crippen molar-refractivity contribution in [1.29, 1.82) is 0 Å². The van der Waals surface area contributed by atoms with Crippen molar-refractivity contribution in [2.45, 2.75) is 57.8 Å². The van der Waals surface area contributed by atoms with E-state index in [1.165, 1.54) is 17.2 Å². The fourth-order valence-electron chi connectivity index (χ4n) is 4.55. The minimum atomic E-state index is -4.31. The molecule has 2 amide bonds. The van der Waals surface area contributed by atoms with E-state index >= 15 is 0 Å². The number of nitrogens with zero attached hydrogens (tertiary/aromatic N) is 5. The predicted molar refractivity (Wildman–Crippen MR) is 150 cm³/mol. The standard InChI is InChI=1S/C29H33F3N6O3/c1-5-8-15-41-27-26-33-13-14-37(26)18-24(36-27)21-17-23(35-22-11-16-40-25(21)22)19(4)38(7-3)28(39)34-20(9-6-2)10-12-29(30,31)32/h5-6,11,13-14,16-20H,1-2,7-10,12,15H2,3-4H3,(H,34,39)/t19?,20-/m1/s1. The van der Waals surface area contributed by atoms with E-state index in [0.717, 1.165) is 0 Å². The summed E-state index contributed by atoms with van der Waals surface area (Å²) in [5.74, 6) is 0.349. The largest absolute Gasteiger partial charge is 0.475 e. The monoisotopic (exact) mass is 570 g/mol. The molecule has 4 aromatic rings. The summed E-state index contributed by atoms with van der Waals surface area (Å²) in [5.41, 5.74) is 3.38. The van der Waals surface area contributed by atoms with Gasteiger partial charge in [0.05, 0.1) is 30.3 Å². The maximum Gasteiger partial charge on any atom is 0.389 e. The van der Waals surface area contributed by atoms with Gasteiger partial charge in [0.25, 0.3) is 5.88 Å². The third-order valence-corrected chi connectivity index (χ3v) is 6.66. The lowest BCUT2D eigenvalue weighted by Crippen LogP contribution is -2.46. The average molecular weight is 571 g/mol. The van der Waals surface area contributed by atoms with Crippen LogP contribution in [0.2, 0.25) is 0 Å². The van der Waals surface area contributed by atoms with Gasteiger partial charge in [0.2, 0.25) is 5.65 Å². The van der Waals surface area contributed by atoms with E-state index in [4.69, 9.17) is 19.1 Å². The van der Waals surface area contributed by atoms with E-state index < -0.39 is 30.7 Å². The van der Waals surface area contributed by atoms with E-state index in [1.54, 1.807) is 48.1 Å². The third-order valence-electron chi connectivity index (χ3n) is 6.66. The molecule has 4 rings (SSSR count). The summed E-state index contributed by atoms with van der Waals surface area (Å²) in [6.07, 6.45) is 5.32. The summed E-state index contributed by atoms with van der Waals surface area (Å²) in [5, 5.41) is 2.74. The summed E-state index contributed by atoms with van der Waals surface area (Å²) >= 11 is 0. The number of amides is 2. The number of hydrogen-bond donors (Lipinski definition) is 1. The van der Waals surface area contributed by atoms with Crippen LogP contribution < -0.4 is 10.1 Å². The van der Waals surface area contributed by atoms with Crippen LogP contribution in [-0.2, 0) is 0 Å². The van der Waals surface area contributed by atoms with Gasteiger partial charge in [-0.1, -0.05) is 12.2 Å². The van der Waals surface area contributed by atoms with Gasteiger partial charge < -0.3 is 23.8 Å². The number of ether oxygens (including phenoxy) is 1. The van der Waals surface area contributed by atoms with E-state index in [-0.39, 0.29) is 12.8 Å². The fraction of sp³-hybridized carbons (Fsp3) is 0.379. The van der Waals surface area contributed by atoms with Crippen LogP contribution in [0.15, 0.2) is 66.7 Å². The Labute approximate surface area is 235 Å². The molecule has 0 aliphatic heterocycles. The van der Waals surface area contributed by atoms with Gasteiger partial charge in [0.1, 0.15) is 5.52 Å². The first kappa shape index (κ1) is 29.6. The molecule has 0 aliphatic carbocycles. The Balaban J connectivity index is 1.66. The van der Waals surface area contributed by atoms with Crippen LogP contribution in [0.1, 0.15) is 51.3 Å². The van der Waals surface area contributed by atoms with Gasteiger partial charge in [-0.25, -0.2) is 19.7 Å².